The number of imidazole rings is 1. The topological polar surface area (TPSA) is 43.6 Å². The van der Waals surface area contributed by atoms with Crippen LogP contribution in [0.2, 0.25) is 0 Å². The van der Waals surface area contributed by atoms with E-state index in [4.69, 9.17) is 4.74 Å². The molecule has 0 unspecified atom stereocenters. The van der Waals surface area contributed by atoms with E-state index in [-0.39, 0.29) is 5.78 Å². The lowest BCUT2D eigenvalue weighted by Gasteiger charge is -2.07. The molecule has 0 radical (unpaired) electrons. The highest BCUT2D eigenvalue weighted by Crippen LogP contribution is 2.27. The van der Waals surface area contributed by atoms with Gasteiger partial charge in [0, 0.05) is 6.92 Å². The quantitative estimate of drug-likeness (QED) is 0.786. The molecule has 15 heavy (non-hydrogen) atoms. The van der Waals surface area contributed by atoms with Crippen LogP contribution in [0.5, 0.6) is 5.88 Å². The van der Waals surface area contributed by atoms with Crippen LogP contribution in [0.3, 0.4) is 0 Å². The summed E-state index contributed by atoms with van der Waals surface area (Å²) < 4.78 is 7.71. The molecule has 0 fully saturated rings. The summed E-state index contributed by atoms with van der Waals surface area (Å²) in [4.78, 5) is 15.5. The second-order valence-electron chi connectivity index (χ2n) is 3.08. The highest BCUT2D eigenvalue weighted by molar-refractivity contribution is 9.10. The van der Waals surface area contributed by atoms with Gasteiger partial charge >= 0.3 is 0 Å². The SMILES string of the molecule is COc1c(Br)ccc2ncc(C(C)=O)n12. The van der Waals surface area contributed by atoms with E-state index >= 15 is 0 Å². The second kappa shape index (κ2) is 3.66. The first-order valence-corrected chi connectivity index (χ1v) is 5.15. The Labute approximate surface area is 95.0 Å². The Kier molecular flexibility index (Phi) is 2.48. The van der Waals surface area contributed by atoms with E-state index in [0.717, 1.165) is 4.47 Å². The first-order chi connectivity index (χ1) is 7.15. The fraction of sp³-hybridized carbons (Fsp3) is 0.200. The maximum atomic E-state index is 11.4. The first-order valence-electron chi connectivity index (χ1n) is 4.36. The summed E-state index contributed by atoms with van der Waals surface area (Å²) in [6.07, 6.45) is 1.55. The molecule has 2 aromatic heterocycles. The van der Waals surface area contributed by atoms with E-state index in [1.165, 1.54) is 6.92 Å². The summed E-state index contributed by atoms with van der Waals surface area (Å²) >= 11 is 3.36. The molecule has 0 aliphatic rings. The number of ether oxygens (including phenoxy) is 1. The van der Waals surface area contributed by atoms with Gasteiger partial charge in [-0.3, -0.25) is 9.20 Å². The van der Waals surface area contributed by atoms with Crippen LogP contribution in [-0.4, -0.2) is 22.3 Å². The van der Waals surface area contributed by atoms with E-state index in [1.807, 2.05) is 12.1 Å². The number of ketones is 1. The fourth-order valence-corrected chi connectivity index (χ4v) is 1.93. The van der Waals surface area contributed by atoms with Crippen molar-refractivity contribution in [1.82, 2.24) is 9.38 Å². The van der Waals surface area contributed by atoms with Gasteiger partial charge in [0.2, 0.25) is 5.88 Å². The lowest BCUT2D eigenvalue weighted by atomic mass is 10.3. The van der Waals surface area contributed by atoms with Crippen LogP contribution in [0, 0.1) is 0 Å². The Morgan fingerprint density at radius 1 is 1.53 bits per heavy atom. The zero-order valence-corrected chi connectivity index (χ0v) is 9.91. The van der Waals surface area contributed by atoms with Crippen molar-refractivity contribution in [2.45, 2.75) is 6.92 Å². The van der Waals surface area contributed by atoms with Crippen molar-refractivity contribution in [1.29, 1.82) is 0 Å². The minimum absolute atomic E-state index is 0.0427. The third-order valence-corrected chi connectivity index (χ3v) is 2.73. The van der Waals surface area contributed by atoms with Crippen LogP contribution in [0.1, 0.15) is 17.4 Å². The van der Waals surface area contributed by atoms with Gasteiger partial charge in [-0.1, -0.05) is 0 Å². The van der Waals surface area contributed by atoms with E-state index in [0.29, 0.717) is 17.2 Å². The summed E-state index contributed by atoms with van der Waals surface area (Å²) in [6, 6.07) is 3.66. The number of nitrogens with zero attached hydrogens (tertiary/aromatic N) is 2. The lowest BCUT2D eigenvalue weighted by Crippen LogP contribution is -2.02. The van der Waals surface area contributed by atoms with Gasteiger partial charge in [0.1, 0.15) is 11.3 Å². The molecule has 78 valence electrons. The molecular formula is C10H9BrN2O2. The Morgan fingerprint density at radius 2 is 2.27 bits per heavy atom. The molecule has 5 heteroatoms. The number of methoxy groups -OCH3 is 1. The van der Waals surface area contributed by atoms with Crippen LogP contribution in [0.4, 0.5) is 0 Å². The number of halogens is 1. The number of fused-ring (bicyclic) bond motifs is 1. The predicted molar refractivity (Wildman–Crippen MR) is 59.4 cm³/mol. The molecule has 2 heterocycles. The molecular weight excluding hydrogens is 260 g/mol. The molecule has 0 aromatic carbocycles. The van der Waals surface area contributed by atoms with Gasteiger partial charge in [0.05, 0.1) is 17.8 Å². The molecule has 0 saturated carbocycles. The Balaban J connectivity index is 2.86. The van der Waals surface area contributed by atoms with Crippen LogP contribution < -0.4 is 4.74 Å². The number of pyridine rings is 1. The number of rotatable bonds is 2. The maximum Gasteiger partial charge on any atom is 0.214 e. The van der Waals surface area contributed by atoms with Crippen LogP contribution in [-0.2, 0) is 0 Å². The number of carbonyl (C=O) groups is 1. The number of aromatic nitrogens is 2. The highest BCUT2D eigenvalue weighted by atomic mass is 79.9. The van der Waals surface area contributed by atoms with Crippen LogP contribution in [0.25, 0.3) is 5.65 Å². The van der Waals surface area contributed by atoms with Crippen molar-refractivity contribution in [3.63, 3.8) is 0 Å². The molecule has 0 spiro atoms. The average Bonchev–Trinajstić information content (AvgIpc) is 2.61. The van der Waals surface area contributed by atoms with Gasteiger partial charge in [-0.15, -0.1) is 0 Å². The molecule has 2 rings (SSSR count). The maximum absolute atomic E-state index is 11.4. The monoisotopic (exact) mass is 268 g/mol. The summed E-state index contributed by atoms with van der Waals surface area (Å²) in [6.45, 7) is 1.50. The molecule has 4 nitrogen and oxygen atoms in total. The zero-order chi connectivity index (χ0) is 11.0. The Morgan fingerprint density at radius 3 is 2.87 bits per heavy atom. The zero-order valence-electron chi connectivity index (χ0n) is 8.32. The summed E-state index contributed by atoms with van der Waals surface area (Å²) in [5.74, 6) is 0.536. The van der Waals surface area contributed by atoms with Crippen molar-refractivity contribution >= 4 is 27.4 Å². The highest BCUT2D eigenvalue weighted by Gasteiger charge is 2.13. The van der Waals surface area contributed by atoms with Crippen molar-refractivity contribution < 1.29 is 9.53 Å². The van der Waals surface area contributed by atoms with Gasteiger partial charge in [0.25, 0.3) is 0 Å². The summed E-state index contributed by atoms with van der Waals surface area (Å²) in [5.41, 5.74) is 1.21. The normalized spacial score (nSPS) is 10.6. The minimum Gasteiger partial charge on any atom is -0.481 e. The molecule has 0 atom stereocenters. The van der Waals surface area contributed by atoms with Crippen molar-refractivity contribution in [2.24, 2.45) is 0 Å². The van der Waals surface area contributed by atoms with E-state index < -0.39 is 0 Å². The summed E-state index contributed by atoms with van der Waals surface area (Å²) in [5, 5.41) is 0. The lowest BCUT2D eigenvalue weighted by molar-refractivity contribution is 0.101. The number of Topliss-reactive ketones (excluding diaryl/α,β-unsaturated/α-hetero) is 1. The number of carbonyl (C=O) groups excluding carboxylic acids is 1. The Bertz CT molecular complexity index is 533. The number of hydrogen-bond acceptors (Lipinski definition) is 3. The van der Waals surface area contributed by atoms with Crippen molar-refractivity contribution in [3.8, 4) is 5.88 Å². The van der Waals surface area contributed by atoms with Gasteiger partial charge in [-0.2, -0.15) is 0 Å². The molecule has 0 bridgehead atoms. The summed E-state index contributed by atoms with van der Waals surface area (Å²) in [7, 11) is 1.56. The molecule has 0 saturated heterocycles. The Hall–Kier alpha value is -1.36. The van der Waals surface area contributed by atoms with E-state index in [2.05, 4.69) is 20.9 Å². The third-order valence-electron chi connectivity index (χ3n) is 2.13. The smallest absolute Gasteiger partial charge is 0.214 e. The second-order valence-corrected chi connectivity index (χ2v) is 3.94. The van der Waals surface area contributed by atoms with E-state index in [9.17, 15) is 4.79 Å². The molecule has 0 N–H and O–H groups in total. The van der Waals surface area contributed by atoms with E-state index in [1.54, 1.807) is 17.7 Å². The van der Waals surface area contributed by atoms with Gasteiger partial charge in [-0.05, 0) is 28.1 Å². The van der Waals surface area contributed by atoms with Gasteiger partial charge in [-0.25, -0.2) is 4.98 Å². The first kappa shape index (κ1) is 10.2. The average molecular weight is 269 g/mol. The molecule has 0 amide bonds. The molecule has 2 aromatic rings. The standard InChI is InChI=1S/C10H9BrN2O2/c1-6(14)8-5-12-9-4-3-7(11)10(15-2)13(8)9/h3-5H,1-2H3. The molecule has 0 aliphatic carbocycles. The van der Waals surface area contributed by atoms with Crippen molar-refractivity contribution in [3.05, 3.63) is 28.5 Å². The predicted octanol–water partition coefficient (Wildman–Crippen LogP) is 2.31. The molecule has 0 aliphatic heterocycles. The minimum atomic E-state index is -0.0427. The van der Waals surface area contributed by atoms with Crippen molar-refractivity contribution in [2.75, 3.05) is 7.11 Å². The van der Waals surface area contributed by atoms with Gasteiger partial charge in [0.15, 0.2) is 5.78 Å². The third kappa shape index (κ3) is 1.52. The largest absolute Gasteiger partial charge is 0.481 e. The van der Waals surface area contributed by atoms with Gasteiger partial charge < -0.3 is 4.74 Å². The van der Waals surface area contributed by atoms with Crippen LogP contribution in [0.15, 0.2) is 22.8 Å². The number of hydrogen-bond donors (Lipinski definition) is 0. The fourth-order valence-electron chi connectivity index (χ4n) is 1.46. The van der Waals surface area contributed by atoms with Crippen LogP contribution >= 0.6 is 15.9 Å².